The number of aliphatic hydroxyl groups is 2. The van der Waals surface area contributed by atoms with Crippen LogP contribution in [0.25, 0.3) is 0 Å². The van der Waals surface area contributed by atoms with Crippen molar-refractivity contribution in [2.45, 2.75) is 94.5 Å². The smallest absolute Gasteiger partial charge is 0.339 e. The van der Waals surface area contributed by atoms with Crippen LogP contribution in [0.3, 0.4) is 0 Å². The molecular weight excluding hydrogens is 508 g/mol. The molecule has 10 nitrogen and oxygen atoms in total. The van der Waals surface area contributed by atoms with Gasteiger partial charge in [-0.25, -0.2) is 4.79 Å². The summed E-state index contributed by atoms with van der Waals surface area (Å²) in [5.74, 6) is -7.47. The number of allylic oxidation sites excluding steroid dienone is 2. The molecule has 9 aliphatic rings. The van der Waals surface area contributed by atoms with Gasteiger partial charge in [0.2, 0.25) is 23.0 Å². The second-order valence-corrected chi connectivity index (χ2v) is 14.3. The Kier molecular flexibility index (Phi) is 3.67. The van der Waals surface area contributed by atoms with Crippen LogP contribution in [0.1, 0.15) is 53.9 Å². The van der Waals surface area contributed by atoms with Crippen LogP contribution in [0.2, 0.25) is 0 Å². The number of fused-ring (bicyclic) bond motifs is 6. The zero-order chi connectivity index (χ0) is 27.4. The number of hydrogen-bond donors (Lipinski definition) is 2. The number of Topliss-reactive ketones (excluding diaryl/α,β-unsaturated/α-hetero) is 1. The number of carbonyl (C=O) groups is 3. The van der Waals surface area contributed by atoms with Gasteiger partial charge in [0.15, 0.2) is 0 Å². The zero-order valence-corrected chi connectivity index (χ0v) is 22.5. The molecule has 9 rings (SSSR count). The lowest BCUT2D eigenvalue weighted by atomic mass is 9.63. The van der Waals surface area contributed by atoms with Crippen LogP contribution in [-0.2, 0) is 38.1 Å². The van der Waals surface area contributed by atoms with Crippen LogP contribution in [0.4, 0.5) is 0 Å². The third kappa shape index (κ3) is 2.05. The van der Waals surface area contributed by atoms with E-state index in [1.165, 1.54) is 0 Å². The van der Waals surface area contributed by atoms with Crippen molar-refractivity contribution in [1.29, 1.82) is 0 Å². The molecular formula is C29H32O10. The van der Waals surface area contributed by atoms with Crippen LogP contribution < -0.4 is 0 Å². The lowest BCUT2D eigenvalue weighted by Crippen LogP contribution is -2.73. The lowest BCUT2D eigenvalue weighted by Gasteiger charge is -2.53. The van der Waals surface area contributed by atoms with Gasteiger partial charge in [0.1, 0.15) is 17.5 Å². The van der Waals surface area contributed by atoms with Crippen LogP contribution >= 0.6 is 0 Å². The molecule has 7 heterocycles. The van der Waals surface area contributed by atoms with Crippen LogP contribution in [0.5, 0.6) is 0 Å². The van der Waals surface area contributed by atoms with E-state index in [0.717, 1.165) is 5.57 Å². The fourth-order valence-corrected chi connectivity index (χ4v) is 11.3. The summed E-state index contributed by atoms with van der Waals surface area (Å²) >= 11 is 0. The molecule has 2 N–H and O–H groups in total. The van der Waals surface area contributed by atoms with Gasteiger partial charge < -0.3 is 33.9 Å². The first-order chi connectivity index (χ1) is 18.2. The van der Waals surface area contributed by atoms with E-state index in [1.54, 1.807) is 13.0 Å². The first kappa shape index (κ1) is 23.6. The standard InChI is InChI=1S/C29H32O10/c1-10-6-13(35-23(10)32)18-11(2)19-21-25(19,5)12(18)9-26-20(22(31)28(21,33)39-26)14-7-15-24(3,4)37-16-8-17(30)38-27(15,16)29(26,34)36-14/h6,11-12,14-16,19-21,33-34H,7-9H2,1-5H3/b18-13+/t11-,12-,14-,15+,16-,19-,20+,21+,25-,26-,27-,28+,29-/m1/s1. The maximum Gasteiger partial charge on any atom is 0.339 e. The summed E-state index contributed by atoms with van der Waals surface area (Å²) in [6, 6.07) is 0. The molecule has 39 heavy (non-hydrogen) atoms. The average molecular weight is 541 g/mol. The van der Waals surface area contributed by atoms with E-state index in [4.69, 9.17) is 23.7 Å². The molecule has 2 saturated carbocycles. The highest BCUT2D eigenvalue weighted by atomic mass is 16.7. The predicted molar refractivity (Wildman–Crippen MR) is 127 cm³/mol. The van der Waals surface area contributed by atoms with Crippen molar-refractivity contribution in [1.82, 2.24) is 0 Å². The Bertz CT molecular complexity index is 1410. The molecule has 13 atom stereocenters. The first-order valence-corrected chi connectivity index (χ1v) is 14.1. The highest BCUT2D eigenvalue weighted by Gasteiger charge is 2.95. The number of rotatable bonds is 0. The minimum absolute atomic E-state index is 0.0482. The first-order valence-electron chi connectivity index (χ1n) is 14.1. The lowest BCUT2D eigenvalue weighted by molar-refractivity contribution is -0.392. The van der Waals surface area contributed by atoms with Gasteiger partial charge in [-0.1, -0.05) is 13.8 Å². The van der Waals surface area contributed by atoms with Gasteiger partial charge in [0, 0.05) is 17.4 Å². The summed E-state index contributed by atoms with van der Waals surface area (Å²) in [5.41, 5.74) is -3.10. The molecule has 10 heteroatoms. The van der Waals surface area contributed by atoms with Crippen molar-refractivity contribution < 1.29 is 48.3 Å². The van der Waals surface area contributed by atoms with E-state index in [2.05, 4.69) is 6.92 Å². The molecule has 6 saturated heterocycles. The molecule has 2 spiro atoms. The van der Waals surface area contributed by atoms with Crippen molar-refractivity contribution in [3.63, 3.8) is 0 Å². The van der Waals surface area contributed by atoms with Crippen molar-refractivity contribution in [2.75, 3.05) is 0 Å². The second-order valence-electron chi connectivity index (χ2n) is 14.3. The summed E-state index contributed by atoms with van der Waals surface area (Å²) in [7, 11) is 0. The molecule has 0 radical (unpaired) electrons. The number of esters is 2. The van der Waals surface area contributed by atoms with Crippen LogP contribution in [0.15, 0.2) is 23.0 Å². The summed E-state index contributed by atoms with van der Waals surface area (Å²) < 4.78 is 31.1. The number of ether oxygens (including phenoxy) is 5. The maximum atomic E-state index is 14.2. The van der Waals surface area contributed by atoms with E-state index < -0.39 is 81.5 Å². The molecule has 4 bridgehead atoms. The van der Waals surface area contributed by atoms with E-state index in [-0.39, 0.29) is 30.6 Å². The molecule has 0 amide bonds. The van der Waals surface area contributed by atoms with Gasteiger partial charge in [0.05, 0.1) is 24.0 Å². The van der Waals surface area contributed by atoms with E-state index >= 15 is 0 Å². The Balaban J connectivity index is 1.28. The number of ketones is 1. The third-order valence-corrected chi connectivity index (χ3v) is 12.5. The molecule has 8 fully saturated rings. The molecule has 7 aliphatic heterocycles. The Hall–Kier alpha value is -2.11. The maximum absolute atomic E-state index is 14.2. The van der Waals surface area contributed by atoms with Crippen molar-refractivity contribution in [3.8, 4) is 0 Å². The normalized spacial score (nSPS) is 62.2. The van der Waals surface area contributed by atoms with E-state index in [9.17, 15) is 24.6 Å². The summed E-state index contributed by atoms with van der Waals surface area (Å²) in [6.45, 7) is 9.62. The van der Waals surface area contributed by atoms with E-state index in [0.29, 0.717) is 17.8 Å². The summed E-state index contributed by atoms with van der Waals surface area (Å²) in [4.78, 5) is 39.4. The fourth-order valence-electron chi connectivity index (χ4n) is 11.3. The van der Waals surface area contributed by atoms with Gasteiger partial charge in [0.25, 0.3) is 0 Å². The van der Waals surface area contributed by atoms with Gasteiger partial charge in [-0.15, -0.1) is 0 Å². The summed E-state index contributed by atoms with van der Waals surface area (Å²) in [5, 5.41) is 25.0. The van der Waals surface area contributed by atoms with Crippen LogP contribution in [-0.4, -0.2) is 68.5 Å². The minimum Gasteiger partial charge on any atom is -0.450 e. The summed E-state index contributed by atoms with van der Waals surface area (Å²) in [6.07, 6.45) is 0.638. The van der Waals surface area contributed by atoms with Crippen LogP contribution in [0, 0.1) is 40.9 Å². The molecule has 0 aromatic rings. The van der Waals surface area contributed by atoms with Crippen molar-refractivity contribution in [2.24, 2.45) is 40.9 Å². The van der Waals surface area contributed by atoms with E-state index in [1.807, 2.05) is 20.8 Å². The van der Waals surface area contributed by atoms with Gasteiger partial charge >= 0.3 is 11.9 Å². The third-order valence-electron chi connectivity index (χ3n) is 12.5. The fraction of sp³-hybridized carbons (Fsp3) is 0.759. The van der Waals surface area contributed by atoms with Gasteiger partial charge in [-0.3, -0.25) is 9.59 Å². The zero-order valence-electron chi connectivity index (χ0n) is 22.5. The number of carbonyl (C=O) groups excluding carboxylic acids is 3. The van der Waals surface area contributed by atoms with Crippen molar-refractivity contribution >= 4 is 17.7 Å². The minimum atomic E-state index is -2.23. The molecule has 2 aliphatic carbocycles. The second kappa shape index (κ2) is 6.06. The Morgan fingerprint density at radius 2 is 1.82 bits per heavy atom. The molecule has 0 aromatic heterocycles. The average Bonchev–Trinajstić information content (AvgIpc) is 3.15. The Morgan fingerprint density at radius 3 is 2.51 bits per heavy atom. The molecule has 208 valence electrons. The predicted octanol–water partition coefficient (Wildman–Crippen LogP) is 1.28. The number of cyclic esters (lactones) is 1. The van der Waals surface area contributed by atoms with Gasteiger partial charge in [-0.05, 0) is 68.4 Å². The monoisotopic (exact) mass is 540 g/mol. The highest BCUT2D eigenvalue weighted by molar-refractivity contribution is 5.94. The topological polar surface area (TPSA) is 138 Å². The largest absolute Gasteiger partial charge is 0.450 e. The van der Waals surface area contributed by atoms with Crippen molar-refractivity contribution in [3.05, 3.63) is 23.0 Å². The SMILES string of the molecule is CC1=C/C(=C2/[C@@H](C)[C@@H]3[C@H]4[C@]3(C)[C@@H]2C[C@@]23O[C@]4(O)C(=O)[C@@H]2[C@H]2C[C@H]4C(C)(C)O[C@@H]5CC(=O)O[C@@]54[C@]3(O)O2)OC1=O. The quantitative estimate of drug-likeness (QED) is 0.432. The molecule has 0 aromatic carbocycles. The van der Waals surface area contributed by atoms with Gasteiger partial charge in [-0.2, -0.15) is 0 Å². The highest BCUT2D eigenvalue weighted by Crippen LogP contribution is 2.84. The molecule has 0 unspecified atom stereocenters. The number of hydrogen-bond acceptors (Lipinski definition) is 10. The Morgan fingerprint density at radius 1 is 1.08 bits per heavy atom. The Labute approximate surface area is 224 Å².